The van der Waals surface area contributed by atoms with Crippen LogP contribution < -0.4 is 5.32 Å². The first-order valence-corrected chi connectivity index (χ1v) is 2.14. The van der Waals surface area contributed by atoms with Crippen molar-refractivity contribution < 1.29 is 8.78 Å². The van der Waals surface area contributed by atoms with Crippen molar-refractivity contribution in [3.63, 3.8) is 0 Å². The molecule has 0 rings (SSSR count). The largest absolute Gasteiger partial charge is 0.312 e. The second-order valence-electron chi connectivity index (χ2n) is 1.29. The van der Waals surface area contributed by atoms with E-state index in [4.69, 9.17) is 0 Å². The fourth-order valence-electron chi connectivity index (χ4n) is 0.196. The summed E-state index contributed by atoms with van der Waals surface area (Å²) in [5, 5.41) is 2.45. The quantitative estimate of drug-likeness (QED) is 0.557. The Morgan fingerprint density at radius 3 is 1.86 bits per heavy atom. The maximum atomic E-state index is 11.4. The molecule has 3 heteroatoms. The van der Waals surface area contributed by atoms with Gasteiger partial charge in [-0.3, -0.25) is 0 Å². The van der Waals surface area contributed by atoms with Crippen molar-refractivity contribution in [1.29, 1.82) is 0 Å². The van der Waals surface area contributed by atoms with E-state index in [1.54, 1.807) is 0 Å². The first-order chi connectivity index (χ1) is 3.35. The fraction of sp³-hybridized carbons (Fsp3) is 1.00. The zero-order valence-corrected chi connectivity index (χ0v) is 4.25. The molecule has 0 fully saturated rings. The number of hydrogen-bond acceptors (Lipinski definition) is 1. The molecule has 0 aliphatic carbocycles. The first kappa shape index (κ1) is 6.82. The van der Waals surface area contributed by atoms with Crippen molar-refractivity contribution in [2.24, 2.45) is 0 Å². The summed E-state index contributed by atoms with van der Waals surface area (Å²) in [5.74, 6) is 0. The van der Waals surface area contributed by atoms with Crippen LogP contribution in [0.5, 0.6) is 0 Å². The zero-order valence-electron chi connectivity index (χ0n) is 4.25. The van der Waals surface area contributed by atoms with Crippen LogP contribution in [0.1, 0.15) is 0 Å². The predicted molar refractivity (Wildman–Crippen MR) is 24.8 cm³/mol. The smallest absolute Gasteiger partial charge is 0.107 e. The minimum atomic E-state index is -0.632. The molecule has 0 aliphatic heterocycles. The van der Waals surface area contributed by atoms with Crippen LogP contribution in [0.2, 0.25) is 0 Å². The van der Waals surface area contributed by atoms with Gasteiger partial charge in [0, 0.05) is 0 Å². The highest BCUT2D eigenvalue weighted by atomic mass is 19.1. The van der Waals surface area contributed by atoms with Crippen molar-refractivity contribution in [2.75, 3.05) is 20.4 Å². The highest BCUT2D eigenvalue weighted by Gasteiger charge is 2.00. The summed E-state index contributed by atoms with van der Waals surface area (Å²) in [6.45, 7) is -1.26. The fourth-order valence-corrected chi connectivity index (χ4v) is 0.196. The summed E-state index contributed by atoms with van der Waals surface area (Å²) >= 11 is 0. The minimum Gasteiger partial charge on any atom is -0.312 e. The van der Waals surface area contributed by atoms with E-state index in [-0.39, 0.29) is 0 Å². The molecule has 0 heterocycles. The Balaban J connectivity index is 2.99. The van der Waals surface area contributed by atoms with Gasteiger partial charge in [-0.25, -0.2) is 8.78 Å². The molecular formula is C4H9F2N. The second-order valence-corrected chi connectivity index (χ2v) is 1.29. The monoisotopic (exact) mass is 109 g/mol. The van der Waals surface area contributed by atoms with Crippen LogP contribution in [0.15, 0.2) is 0 Å². The first-order valence-electron chi connectivity index (χ1n) is 2.14. The molecule has 0 atom stereocenters. The van der Waals surface area contributed by atoms with E-state index < -0.39 is 19.4 Å². The normalized spacial score (nSPS) is 10.3. The molecule has 0 radical (unpaired) electrons. The van der Waals surface area contributed by atoms with Gasteiger partial charge in [-0.05, 0) is 7.05 Å². The average Bonchev–Trinajstić information content (AvgIpc) is 1.72. The van der Waals surface area contributed by atoms with Gasteiger partial charge in [-0.1, -0.05) is 0 Å². The molecule has 44 valence electrons. The zero-order chi connectivity index (χ0) is 5.70. The summed E-state index contributed by atoms with van der Waals surface area (Å²) in [4.78, 5) is 0. The molecule has 0 aromatic rings. The summed E-state index contributed by atoms with van der Waals surface area (Å²) in [5.41, 5.74) is 0. The third-order valence-corrected chi connectivity index (χ3v) is 0.781. The lowest BCUT2D eigenvalue weighted by molar-refractivity contribution is 0.321. The predicted octanol–water partition coefficient (Wildman–Crippen LogP) is 0.513. The molecule has 0 spiro atoms. The third kappa shape index (κ3) is 2.51. The standard InChI is InChI=1S/C4H9F2N/c1-7-4(2-5)3-6/h4,7H,2-3H2,1H3. The van der Waals surface area contributed by atoms with Gasteiger partial charge in [0.15, 0.2) is 0 Å². The Morgan fingerprint density at radius 1 is 1.43 bits per heavy atom. The van der Waals surface area contributed by atoms with Crippen molar-refractivity contribution in [3.05, 3.63) is 0 Å². The van der Waals surface area contributed by atoms with Gasteiger partial charge in [0.1, 0.15) is 13.3 Å². The minimum absolute atomic E-state index is 0.597. The molecule has 0 aromatic heterocycles. The molecule has 0 saturated heterocycles. The topological polar surface area (TPSA) is 12.0 Å². The summed E-state index contributed by atoms with van der Waals surface area (Å²) < 4.78 is 22.7. The van der Waals surface area contributed by atoms with Crippen molar-refractivity contribution in [2.45, 2.75) is 6.04 Å². The number of nitrogens with one attached hydrogen (secondary N) is 1. The van der Waals surface area contributed by atoms with E-state index in [0.29, 0.717) is 0 Å². The lowest BCUT2D eigenvalue weighted by atomic mass is 10.4. The van der Waals surface area contributed by atoms with Crippen LogP contribution in [0.4, 0.5) is 8.78 Å². The van der Waals surface area contributed by atoms with Crippen molar-refractivity contribution in [1.82, 2.24) is 5.32 Å². The Kier molecular flexibility index (Phi) is 3.89. The van der Waals surface area contributed by atoms with Crippen LogP contribution in [0.3, 0.4) is 0 Å². The summed E-state index contributed by atoms with van der Waals surface area (Å²) in [6.07, 6.45) is 0. The van der Waals surface area contributed by atoms with Gasteiger partial charge in [-0.15, -0.1) is 0 Å². The van der Waals surface area contributed by atoms with Crippen LogP contribution in [-0.4, -0.2) is 26.4 Å². The lowest BCUT2D eigenvalue weighted by Crippen LogP contribution is -2.28. The van der Waals surface area contributed by atoms with Crippen LogP contribution in [0, 0.1) is 0 Å². The summed E-state index contributed by atoms with van der Waals surface area (Å²) in [7, 11) is 1.53. The molecule has 0 amide bonds. The number of halogens is 2. The van der Waals surface area contributed by atoms with Crippen LogP contribution in [0.25, 0.3) is 0 Å². The highest BCUT2D eigenvalue weighted by Crippen LogP contribution is 1.82. The Morgan fingerprint density at radius 2 is 1.86 bits per heavy atom. The lowest BCUT2D eigenvalue weighted by Gasteiger charge is -2.03. The SMILES string of the molecule is CNC(CF)CF. The van der Waals surface area contributed by atoms with Gasteiger partial charge in [-0.2, -0.15) is 0 Å². The molecule has 0 aromatic carbocycles. The number of rotatable bonds is 3. The molecule has 0 bridgehead atoms. The maximum absolute atomic E-state index is 11.4. The van der Waals surface area contributed by atoms with Gasteiger partial charge < -0.3 is 5.32 Å². The summed E-state index contributed by atoms with van der Waals surface area (Å²) in [6, 6.07) is -0.597. The molecule has 0 saturated carbocycles. The van der Waals surface area contributed by atoms with Gasteiger partial charge in [0.25, 0.3) is 0 Å². The van der Waals surface area contributed by atoms with E-state index in [9.17, 15) is 8.78 Å². The average molecular weight is 109 g/mol. The molecule has 0 aliphatic rings. The van der Waals surface area contributed by atoms with Gasteiger partial charge >= 0.3 is 0 Å². The molecule has 7 heavy (non-hydrogen) atoms. The van der Waals surface area contributed by atoms with Crippen molar-refractivity contribution >= 4 is 0 Å². The Bertz CT molecular complexity index is 31.2. The van der Waals surface area contributed by atoms with Crippen LogP contribution in [-0.2, 0) is 0 Å². The Hall–Kier alpha value is -0.180. The molecule has 1 nitrogen and oxygen atoms in total. The molecule has 0 unspecified atom stereocenters. The van der Waals surface area contributed by atoms with E-state index in [1.165, 1.54) is 7.05 Å². The van der Waals surface area contributed by atoms with Gasteiger partial charge in [0.2, 0.25) is 0 Å². The highest BCUT2D eigenvalue weighted by molar-refractivity contribution is 4.58. The maximum Gasteiger partial charge on any atom is 0.107 e. The molecule has 1 N–H and O–H groups in total. The van der Waals surface area contributed by atoms with E-state index in [2.05, 4.69) is 5.32 Å². The second kappa shape index (κ2) is 3.99. The number of hydrogen-bond donors (Lipinski definition) is 1. The molecular weight excluding hydrogens is 100 g/mol. The van der Waals surface area contributed by atoms with E-state index >= 15 is 0 Å². The third-order valence-electron chi connectivity index (χ3n) is 0.781. The van der Waals surface area contributed by atoms with Gasteiger partial charge in [0.05, 0.1) is 6.04 Å². The van der Waals surface area contributed by atoms with E-state index in [1.807, 2.05) is 0 Å². The van der Waals surface area contributed by atoms with Crippen molar-refractivity contribution in [3.8, 4) is 0 Å². The van der Waals surface area contributed by atoms with Crippen LogP contribution >= 0.6 is 0 Å². The number of alkyl halides is 2. The van der Waals surface area contributed by atoms with E-state index in [0.717, 1.165) is 0 Å². The Labute approximate surface area is 41.7 Å².